The van der Waals surface area contributed by atoms with Crippen molar-refractivity contribution in [3.63, 3.8) is 0 Å². The highest BCUT2D eigenvalue weighted by Gasteiger charge is 2.24. The van der Waals surface area contributed by atoms with Crippen molar-refractivity contribution >= 4 is 11.8 Å². The second-order valence-corrected chi connectivity index (χ2v) is 8.25. The van der Waals surface area contributed by atoms with E-state index in [1.165, 1.54) is 24.8 Å². The number of hydrogen-bond acceptors (Lipinski definition) is 3. The van der Waals surface area contributed by atoms with E-state index in [1.54, 1.807) is 0 Å². The Morgan fingerprint density at radius 1 is 1.00 bits per heavy atom. The van der Waals surface area contributed by atoms with Crippen molar-refractivity contribution in [2.75, 3.05) is 32.7 Å². The maximum Gasteiger partial charge on any atom is 0.317 e. The number of Topliss-reactive ketones (excluding diaryl/α,β-unsaturated/α-hetero) is 1. The molecule has 1 aromatic carbocycles. The number of ketones is 1. The number of piperazine rings is 1. The van der Waals surface area contributed by atoms with E-state index in [-0.39, 0.29) is 11.8 Å². The van der Waals surface area contributed by atoms with E-state index in [0.717, 1.165) is 31.5 Å². The van der Waals surface area contributed by atoms with Gasteiger partial charge in [0.05, 0.1) is 6.54 Å². The van der Waals surface area contributed by atoms with Gasteiger partial charge in [0.25, 0.3) is 0 Å². The topological polar surface area (TPSA) is 52.7 Å². The van der Waals surface area contributed by atoms with Crippen LogP contribution in [0.25, 0.3) is 0 Å². The molecule has 0 radical (unpaired) electrons. The first-order chi connectivity index (χ1) is 13.0. The number of nitrogens with zero attached hydrogens (tertiary/aromatic N) is 2. The minimum absolute atomic E-state index is 0.0668. The number of carbonyl (C=O) groups is 2. The lowest BCUT2D eigenvalue weighted by Crippen LogP contribution is -2.54. The SMILES string of the molecule is CC(C)c1ccc(C(=O)CN2CCN(C(=O)NC3CCCCC3)CC2)cc1. The Kier molecular flexibility index (Phi) is 6.89. The summed E-state index contributed by atoms with van der Waals surface area (Å²) < 4.78 is 0. The molecule has 0 unspecified atom stereocenters. The fourth-order valence-electron chi connectivity index (χ4n) is 3.97. The molecule has 1 saturated heterocycles. The first kappa shape index (κ1) is 19.9. The second-order valence-electron chi connectivity index (χ2n) is 8.25. The third kappa shape index (κ3) is 5.55. The van der Waals surface area contributed by atoms with Gasteiger partial charge in [-0.25, -0.2) is 4.79 Å². The van der Waals surface area contributed by atoms with Crippen LogP contribution in [0, 0.1) is 0 Å². The fourth-order valence-corrected chi connectivity index (χ4v) is 3.97. The van der Waals surface area contributed by atoms with Crippen molar-refractivity contribution in [2.45, 2.75) is 57.9 Å². The van der Waals surface area contributed by atoms with E-state index < -0.39 is 0 Å². The van der Waals surface area contributed by atoms with Crippen LogP contribution in [0.2, 0.25) is 0 Å². The van der Waals surface area contributed by atoms with Crippen LogP contribution >= 0.6 is 0 Å². The summed E-state index contributed by atoms with van der Waals surface area (Å²) in [5.41, 5.74) is 2.03. The standard InChI is InChI=1S/C22H33N3O2/c1-17(2)18-8-10-19(11-9-18)21(26)16-24-12-14-25(15-13-24)22(27)23-20-6-4-3-5-7-20/h8-11,17,20H,3-7,12-16H2,1-2H3,(H,23,27). The van der Waals surface area contributed by atoms with Crippen LogP contribution in [0.15, 0.2) is 24.3 Å². The maximum atomic E-state index is 12.5. The molecule has 1 saturated carbocycles. The smallest absolute Gasteiger partial charge is 0.317 e. The third-order valence-electron chi connectivity index (χ3n) is 5.86. The van der Waals surface area contributed by atoms with E-state index in [1.807, 2.05) is 29.2 Å². The minimum Gasteiger partial charge on any atom is -0.335 e. The van der Waals surface area contributed by atoms with Gasteiger partial charge >= 0.3 is 6.03 Å². The normalized spacial score (nSPS) is 19.3. The Labute approximate surface area is 163 Å². The summed E-state index contributed by atoms with van der Waals surface area (Å²) in [7, 11) is 0. The summed E-state index contributed by atoms with van der Waals surface area (Å²) in [6.45, 7) is 7.64. The molecule has 0 spiro atoms. The molecule has 1 aliphatic heterocycles. The van der Waals surface area contributed by atoms with E-state index >= 15 is 0 Å². The summed E-state index contributed by atoms with van der Waals surface area (Å²) in [4.78, 5) is 29.0. The predicted octanol–water partition coefficient (Wildman–Crippen LogP) is 3.65. The van der Waals surface area contributed by atoms with Gasteiger partial charge < -0.3 is 10.2 Å². The molecule has 0 atom stereocenters. The molecular formula is C22H33N3O2. The van der Waals surface area contributed by atoms with Crippen LogP contribution in [0.1, 0.15) is 67.8 Å². The minimum atomic E-state index is 0.0668. The van der Waals surface area contributed by atoms with Gasteiger partial charge in [-0.2, -0.15) is 0 Å². The molecule has 2 fully saturated rings. The van der Waals surface area contributed by atoms with E-state index in [0.29, 0.717) is 31.6 Å². The van der Waals surface area contributed by atoms with Gasteiger partial charge in [0, 0.05) is 37.8 Å². The molecule has 1 aromatic rings. The molecule has 1 heterocycles. The Morgan fingerprint density at radius 3 is 2.22 bits per heavy atom. The number of carbonyl (C=O) groups excluding carboxylic acids is 2. The first-order valence-corrected chi connectivity index (χ1v) is 10.4. The monoisotopic (exact) mass is 371 g/mol. The molecule has 27 heavy (non-hydrogen) atoms. The summed E-state index contributed by atoms with van der Waals surface area (Å²) in [5.74, 6) is 0.632. The van der Waals surface area contributed by atoms with E-state index in [4.69, 9.17) is 0 Å². The highest BCUT2D eigenvalue weighted by Crippen LogP contribution is 2.18. The van der Waals surface area contributed by atoms with Crippen LogP contribution in [0.5, 0.6) is 0 Å². The molecule has 1 aliphatic carbocycles. The summed E-state index contributed by atoms with van der Waals surface area (Å²) >= 11 is 0. The van der Waals surface area contributed by atoms with Crippen LogP contribution < -0.4 is 5.32 Å². The largest absolute Gasteiger partial charge is 0.335 e. The highest BCUT2D eigenvalue weighted by atomic mass is 16.2. The van der Waals surface area contributed by atoms with Crippen LogP contribution in [0.3, 0.4) is 0 Å². The molecule has 0 aromatic heterocycles. The first-order valence-electron chi connectivity index (χ1n) is 10.4. The summed E-state index contributed by atoms with van der Waals surface area (Å²) in [6, 6.07) is 8.38. The summed E-state index contributed by atoms with van der Waals surface area (Å²) in [5, 5.41) is 3.19. The van der Waals surface area contributed by atoms with Gasteiger partial charge in [-0.3, -0.25) is 9.69 Å². The Hall–Kier alpha value is -1.88. The van der Waals surface area contributed by atoms with E-state index in [2.05, 4.69) is 24.1 Å². The molecule has 2 amide bonds. The number of nitrogens with one attached hydrogen (secondary N) is 1. The van der Waals surface area contributed by atoms with E-state index in [9.17, 15) is 9.59 Å². The number of hydrogen-bond donors (Lipinski definition) is 1. The van der Waals surface area contributed by atoms with Gasteiger partial charge in [0.2, 0.25) is 0 Å². The van der Waals surface area contributed by atoms with Crippen LogP contribution in [0.4, 0.5) is 4.79 Å². The zero-order valence-corrected chi connectivity index (χ0v) is 16.7. The quantitative estimate of drug-likeness (QED) is 0.804. The van der Waals surface area contributed by atoms with Crippen molar-refractivity contribution in [3.8, 4) is 0 Å². The third-order valence-corrected chi connectivity index (χ3v) is 5.86. The van der Waals surface area contributed by atoms with Gasteiger partial charge in [-0.15, -0.1) is 0 Å². The van der Waals surface area contributed by atoms with Gasteiger partial charge in [-0.1, -0.05) is 57.4 Å². The number of amides is 2. The van der Waals surface area contributed by atoms with Gasteiger partial charge in [-0.05, 0) is 24.3 Å². The average Bonchev–Trinajstić information content (AvgIpc) is 2.69. The molecule has 0 bridgehead atoms. The van der Waals surface area contributed by atoms with Crippen LogP contribution in [-0.4, -0.2) is 60.4 Å². The number of rotatable bonds is 5. The Bertz CT molecular complexity index is 627. The molecule has 3 rings (SSSR count). The number of urea groups is 1. The Balaban J connectivity index is 1.43. The molecule has 5 nitrogen and oxygen atoms in total. The lowest BCUT2D eigenvalue weighted by atomic mass is 9.96. The maximum absolute atomic E-state index is 12.5. The fraction of sp³-hybridized carbons (Fsp3) is 0.636. The molecule has 1 N–H and O–H groups in total. The van der Waals surface area contributed by atoms with Gasteiger partial charge in [0.1, 0.15) is 0 Å². The van der Waals surface area contributed by atoms with Gasteiger partial charge in [0.15, 0.2) is 5.78 Å². The van der Waals surface area contributed by atoms with Crippen LogP contribution in [-0.2, 0) is 0 Å². The molecular weight excluding hydrogens is 338 g/mol. The van der Waals surface area contributed by atoms with Crippen molar-refractivity contribution in [1.29, 1.82) is 0 Å². The van der Waals surface area contributed by atoms with Crippen molar-refractivity contribution < 1.29 is 9.59 Å². The lowest BCUT2D eigenvalue weighted by Gasteiger charge is -2.35. The predicted molar refractivity (Wildman–Crippen MR) is 108 cm³/mol. The van der Waals surface area contributed by atoms with Crippen molar-refractivity contribution in [2.24, 2.45) is 0 Å². The summed E-state index contributed by atoms with van der Waals surface area (Å²) in [6.07, 6.45) is 5.95. The molecule has 148 valence electrons. The Morgan fingerprint density at radius 2 is 1.63 bits per heavy atom. The number of benzene rings is 1. The van der Waals surface area contributed by atoms with Crippen molar-refractivity contribution in [1.82, 2.24) is 15.1 Å². The zero-order valence-electron chi connectivity index (χ0n) is 16.7. The highest BCUT2D eigenvalue weighted by molar-refractivity contribution is 5.97. The average molecular weight is 372 g/mol. The molecule has 5 heteroatoms. The van der Waals surface area contributed by atoms with Crippen molar-refractivity contribution in [3.05, 3.63) is 35.4 Å². The molecule has 2 aliphatic rings. The zero-order chi connectivity index (χ0) is 19.2. The second kappa shape index (κ2) is 9.36. The lowest BCUT2D eigenvalue weighted by molar-refractivity contribution is 0.0876.